The Labute approximate surface area is 112 Å². The van der Waals surface area contributed by atoms with Gasteiger partial charge in [-0.25, -0.2) is 0 Å². The van der Waals surface area contributed by atoms with Crippen LogP contribution in [0.3, 0.4) is 0 Å². The van der Waals surface area contributed by atoms with E-state index in [0.29, 0.717) is 6.61 Å². The van der Waals surface area contributed by atoms with E-state index in [0.717, 1.165) is 24.8 Å². The van der Waals surface area contributed by atoms with E-state index in [2.05, 4.69) is 16.4 Å². The zero-order valence-electron chi connectivity index (χ0n) is 11.9. The molecule has 0 aliphatic carbocycles. The van der Waals surface area contributed by atoms with E-state index < -0.39 is 0 Å². The zero-order chi connectivity index (χ0) is 12.8. The Bertz CT molecular complexity index is 267. The Morgan fingerprint density at radius 1 is 1.22 bits per heavy atom. The molecule has 2 aliphatic heterocycles. The Hall–Kier alpha value is -0.380. The van der Waals surface area contributed by atoms with Gasteiger partial charge in [0, 0.05) is 19.1 Å². The molecule has 0 N–H and O–H groups in total. The molecule has 1 unspecified atom stereocenters. The number of fused-ring (bicyclic) bond motifs is 1. The third-order valence-corrected chi connectivity index (χ3v) is 4.04. The summed E-state index contributed by atoms with van der Waals surface area (Å²) in [7, 11) is 0. The monoisotopic (exact) mass is 252 g/mol. The molecule has 2 fully saturated rings. The molecule has 0 spiro atoms. The Kier molecular flexibility index (Phi) is 5.67. The van der Waals surface area contributed by atoms with Gasteiger partial charge < -0.3 is 4.74 Å². The standard InChI is InChI=1S/C15H28N2O/c1-14(2)13-18-11-10-16-7-5-9-17-8-4-3-6-15(17)12-16/h15H,1,3-13H2,2H3. The number of hydrogen-bond acceptors (Lipinski definition) is 3. The summed E-state index contributed by atoms with van der Waals surface area (Å²) in [5.74, 6) is 0. The molecule has 1 atom stereocenters. The van der Waals surface area contributed by atoms with Gasteiger partial charge in [0.1, 0.15) is 0 Å². The van der Waals surface area contributed by atoms with Gasteiger partial charge in [-0.2, -0.15) is 0 Å². The number of nitrogens with zero attached hydrogens (tertiary/aromatic N) is 2. The van der Waals surface area contributed by atoms with Crippen molar-refractivity contribution in [2.75, 3.05) is 45.9 Å². The molecule has 0 radical (unpaired) electrons. The van der Waals surface area contributed by atoms with Crippen LogP contribution in [0.15, 0.2) is 12.2 Å². The number of rotatable bonds is 5. The third-order valence-electron chi connectivity index (χ3n) is 4.04. The predicted octanol–water partition coefficient (Wildman–Crippen LogP) is 2.14. The van der Waals surface area contributed by atoms with Crippen LogP contribution in [0, 0.1) is 0 Å². The van der Waals surface area contributed by atoms with E-state index in [1.807, 2.05) is 6.92 Å². The molecule has 0 bridgehead atoms. The summed E-state index contributed by atoms with van der Waals surface area (Å²) < 4.78 is 5.62. The van der Waals surface area contributed by atoms with Crippen LogP contribution in [0.1, 0.15) is 32.6 Å². The first kappa shape index (κ1) is 14.0. The van der Waals surface area contributed by atoms with Gasteiger partial charge in [-0.05, 0) is 45.8 Å². The summed E-state index contributed by atoms with van der Waals surface area (Å²) in [6, 6.07) is 0.808. The second kappa shape index (κ2) is 7.27. The molecule has 0 aromatic heterocycles. The summed E-state index contributed by atoms with van der Waals surface area (Å²) in [4.78, 5) is 5.30. The van der Waals surface area contributed by atoms with Crippen LogP contribution < -0.4 is 0 Å². The molecule has 2 aliphatic rings. The lowest BCUT2D eigenvalue weighted by Crippen LogP contribution is -2.44. The molecular weight excluding hydrogens is 224 g/mol. The maximum Gasteiger partial charge on any atom is 0.0672 e. The van der Waals surface area contributed by atoms with Crippen molar-refractivity contribution in [1.29, 1.82) is 0 Å². The normalized spacial score (nSPS) is 26.6. The SMILES string of the molecule is C=C(C)COCCN1CCCN2CCCCC2C1. The molecule has 3 nitrogen and oxygen atoms in total. The predicted molar refractivity (Wildman–Crippen MR) is 75.9 cm³/mol. The summed E-state index contributed by atoms with van der Waals surface area (Å²) in [6.45, 7) is 13.6. The van der Waals surface area contributed by atoms with Crippen LogP contribution in [-0.2, 0) is 4.74 Å². The van der Waals surface area contributed by atoms with Gasteiger partial charge in [0.05, 0.1) is 13.2 Å². The van der Waals surface area contributed by atoms with Crippen molar-refractivity contribution in [2.45, 2.75) is 38.6 Å². The third kappa shape index (κ3) is 4.38. The second-order valence-corrected chi connectivity index (χ2v) is 5.85. The molecule has 0 saturated carbocycles. The van der Waals surface area contributed by atoms with Crippen LogP contribution in [-0.4, -0.2) is 61.8 Å². The summed E-state index contributed by atoms with van der Waals surface area (Å²) in [5, 5.41) is 0. The van der Waals surface area contributed by atoms with Crippen molar-refractivity contribution in [3.8, 4) is 0 Å². The minimum atomic E-state index is 0.712. The molecular formula is C15H28N2O. The highest BCUT2D eigenvalue weighted by Crippen LogP contribution is 2.20. The van der Waals surface area contributed by atoms with Gasteiger partial charge >= 0.3 is 0 Å². The fourth-order valence-electron chi connectivity index (χ4n) is 3.09. The Morgan fingerprint density at radius 2 is 2.06 bits per heavy atom. The van der Waals surface area contributed by atoms with Crippen LogP contribution in [0.4, 0.5) is 0 Å². The summed E-state index contributed by atoms with van der Waals surface area (Å²) in [6.07, 6.45) is 5.53. The van der Waals surface area contributed by atoms with Gasteiger partial charge in [0.25, 0.3) is 0 Å². The number of ether oxygens (including phenoxy) is 1. The van der Waals surface area contributed by atoms with Gasteiger partial charge in [-0.3, -0.25) is 9.80 Å². The highest BCUT2D eigenvalue weighted by atomic mass is 16.5. The first-order valence-electron chi connectivity index (χ1n) is 7.44. The average molecular weight is 252 g/mol. The van der Waals surface area contributed by atoms with Crippen LogP contribution in [0.2, 0.25) is 0 Å². The molecule has 2 heterocycles. The highest BCUT2D eigenvalue weighted by molar-refractivity contribution is 4.87. The Morgan fingerprint density at radius 3 is 2.89 bits per heavy atom. The first-order chi connectivity index (χ1) is 8.75. The van der Waals surface area contributed by atoms with Crippen molar-refractivity contribution in [1.82, 2.24) is 9.80 Å². The van der Waals surface area contributed by atoms with Crippen molar-refractivity contribution in [2.24, 2.45) is 0 Å². The Balaban J connectivity index is 1.70. The first-order valence-corrected chi connectivity index (χ1v) is 7.44. The topological polar surface area (TPSA) is 15.7 Å². The molecule has 3 heteroatoms. The highest BCUT2D eigenvalue weighted by Gasteiger charge is 2.26. The van der Waals surface area contributed by atoms with Crippen LogP contribution in [0.25, 0.3) is 0 Å². The van der Waals surface area contributed by atoms with Crippen LogP contribution >= 0.6 is 0 Å². The van der Waals surface area contributed by atoms with E-state index >= 15 is 0 Å². The smallest absolute Gasteiger partial charge is 0.0672 e. The average Bonchev–Trinajstić information content (AvgIpc) is 2.56. The minimum absolute atomic E-state index is 0.712. The van der Waals surface area contributed by atoms with Crippen molar-refractivity contribution < 1.29 is 4.74 Å². The lowest BCUT2D eigenvalue weighted by atomic mass is 10.0. The van der Waals surface area contributed by atoms with E-state index in [1.165, 1.54) is 51.9 Å². The minimum Gasteiger partial charge on any atom is -0.376 e. The quantitative estimate of drug-likeness (QED) is 0.551. The molecule has 104 valence electrons. The lowest BCUT2D eigenvalue weighted by Gasteiger charge is -2.35. The van der Waals surface area contributed by atoms with E-state index in [9.17, 15) is 0 Å². The summed E-state index contributed by atoms with van der Waals surface area (Å²) in [5.41, 5.74) is 1.12. The van der Waals surface area contributed by atoms with Gasteiger partial charge in [-0.1, -0.05) is 18.6 Å². The number of piperidine rings is 1. The van der Waals surface area contributed by atoms with Crippen molar-refractivity contribution >= 4 is 0 Å². The lowest BCUT2D eigenvalue weighted by molar-refractivity contribution is 0.101. The second-order valence-electron chi connectivity index (χ2n) is 5.85. The maximum atomic E-state index is 5.62. The fourth-order valence-corrected chi connectivity index (χ4v) is 3.09. The zero-order valence-corrected chi connectivity index (χ0v) is 11.9. The van der Waals surface area contributed by atoms with Gasteiger partial charge in [-0.15, -0.1) is 0 Å². The molecule has 18 heavy (non-hydrogen) atoms. The van der Waals surface area contributed by atoms with Crippen LogP contribution in [0.5, 0.6) is 0 Å². The van der Waals surface area contributed by atoms with E-state index in [-0.39, 0.29) is 0 Å². The summed E-state index contributed by atoms with van der Waals surface area (Å²) >= 11 is 0. The maximum absolute atomic E-state index is 5.62. The van der Waals surface area contributed by atoms with Crippen molar-refractivity contribution in [3.63, 3.8) is 0 Å². The fraction of sp³-hybridized carbons (Fsp3) is 0.867. The van der Waals surface area contributed by atoms with Gasteiger partial charge in [0.2, 0.25) is 0 Å². The van der Waals surface area contributed by atoms with E-state index in [4.69, 9.17) is 4.74 Å². The molecule has 2 rings (SSSR count). The van der Waals surface area contributed by atoms with Gasteiger partial charge in [0.15, 0.2) is 0 Å². The molecule has 0 amide bonds. The number of hydrogen-bond donors (Lipinski definition) is 0. The van der Waals surface area contributed by atoms with E-state index in [1.54, 1.807) is 0 Å². The molecule has 0 aromatic rings. The molecule has 0 aromatic carbocycles. The van der Waals surface area contributed by atoms with Crippen molar-refractivity contribution in [3.05, 3.63) is 12.2 Å². The molecule has 2 saturated heterocycles. The largest absolute Gasteiger partial charge is 0.376 e.